The first-order valence-electron chi connectivity index (χ1n) is 5.80. The molecule has 0 aliphatic heterocycles. The van der Waals surface area contributed by atoms with Crippen molar-refractivity contribution in [3.63, 3.8) is 0 Å². The maximum Gasteiger partial charge on any atom is 0.227 e. The van der Waals surface area contributed by atoms with Crippen LogP contribution in [0.2, 0.25) is 0 Å². The predicted octanol–water partition coefficient (Wildman–Crippen LogP) is 2.06. The van der Waals surface area contributed by atoms with Gasteiger partial charge >= 0.3 is 0 Å². The van der Waals surface area contributed by atoms with Gasteiger partial charge in [-0.15, -0.1) is 0 Å². The number of nitrogens with two attached hydrogens (primary N) is 1. The summed E-state index contributed by atoms with van der Waals surface area (Å²) in [7, 11) is 0. The SMILES string of the molecule is CCCCCNC(=O)C(C)(C)C(C)(C)N. The van der Waals surface area contributed by atoms with Gasteiger partial charge < -0.3 is 11.1 Å². The van der Waals surface area contributed by atoms with Gasteiger partial charge in [0.05, 0.1) is 5.41 Å². The zero-order valence-corrected chi connectivity index (χ0v) is 10.8. The van der Waals surface area contributed by atoms with Crippen molar-refractivity contribution in [2.24, 2.45) is 11.1 Å². The summed E-state index contributed by atoms with van der Waals surface area (Å²) in [5, 5.41) is 2.95. The molecule has 0 heterocycles. The summed E-state index contributed by atoms with van der Waals surface area (Å²) in [5.74, 6) is 0.0473. The Morgan fingerprint density at radius 1 is 1.20 bits per heavy atom. The second-order valence-corrected chi connectivity index (χ2v) is 5.31. The van der Waals surface area contributed by atoms with Crippen molar-refractivity contribution in [3.8, 4) is 0 Å². The number of hydrogen-bond donors (Lipinski definition) is 2. The second kappa shape index (κ2) is 5.50. The van der Waals surface area contributed by atoms with Crippen molar-refractivity contribution in [2.75, 3.05) is 6.54 Å². The van der Waals surface area contributed by atoms with Gasteiger partial charge in [-0.2, -0.15) is 0 Å². The third kappa shape index (κ3) is 4.20. The van der Waals surface area contributed by atoms with Crippen molar-refractivity contribution < 1.29 is 4.79 Å². The molecule has 1 amide bonds. The summed E-state index contributed by atoms with van der Waals surface area (Å²) in [6.07, 6.45) is 3.37. The van der Waals surface area contributed by atoms with Gasteiger partial charge in [0.1, 0.15) is 0 Å². The molecule has 0 radical (unpaired) electrons. The first-order chi connectivity index (χ1) is 6.73. The molecule has 3 nitrogen and oxygen atoms in total. The van der Waals surface area contributed by atoms with Crippen LogP contribution in [0.25, 0.3) is 0 Å². The number of rotatable bonds is 6. The van der Waals surface area contributed by atoms with Gasteiger partial charge in [-0.3, -0.25) is 4.79 Å². The Hall–Kier alpha value is -0.570. The van der Waals surface area contributed by atoms with Gasteiger partial charge in [0.25, 0.3) is 0 Å². The lowest BCUT2D eigenvalue weighted by molar-refractivity contribution is -0.132. The van der Waals surface area contributed by atoms with E-state index in [2.05, 4.69) is 12.2 Å². The Morgan fingerprint density at radius 3 is 2.13 bits per heavy atom. The monoisotopic (exact) mass is 214 g/mol. The van der Waals surface area contributed by atoms with Gasteiger partial charge in [0.2, 0.25) is 5.91 Å². The van der Waals surface area contributed by atoms with E-state index in [4.69, 9.17) is 5.73 Å². The number of hydrogen-bond acceptors (Lipinski definition) is 2. The number of amides is 1. The maximum absolute atomic E-state index is 11.9. The van der Waals surface area contributed by atoms with E-state index < -0.39 is 11.0 Å². The van der Waals surface area contributed by atoms with Crippen LogP contribution in [0.5, 0.6) is 0 Å². The van der Waals surface area contributed by atoms with Gasteiger partial charge in [-0.25, -0.2) is 0 Å². The largest absolute Gasteiger partial charge is 0.356 e. The van der Waals surface area contributed by atoms with Crippen LogP contribution >= 0.6 is 0 Å². The van der Waals surface area contributed by atoms with Crippen LogP contribution in [0, 0.1) is 5.41 Å². The summed E-state index contributed by atoms with van der Waals surface area (Å²) in [6.45, 7) is 10.5. The van der Waals surface area contributed by atoms with Gasteiger partial charge in [0, 0.05) is 12.1 Å². The zero-order chi connectivity index (χ0) is 12.1. The highest BCUT2D eigenvalue weighted by Gasteiger charge is 2.39. The fraction of sp³-hybridized carbons (Fsp3) is 0.917. The molecule has 0 saturated carbocycles. The molecule has 0 aromatic heterocycles. The highest BCUT2D eigenvalue weighted by atomic mass is 16.2. The maximum atomic E-state index is 11.9. The third-order valence-corrected chi connectivity index (χ3v) is 3.24. The van der Waals surface area contributed by atoms with E-state index in [0.29, 0.717) is 0 Å². The van der Waals surface area contributed by atoms with Crippen LogP contribution in [0.15, 0.2) is 0 Å². The minimum absolute atomic E-state index is 0.0473. The molecule has 0 aliphatic carbocycles. The fourth-order valence-electron chi connectivity index (χ4n) is 1.09. The van der Waals surface area contributed by atoms with E-state index in [1.165, 1.54) is 6.42 Å². The Labute approximate surface area is 93.8 Å². The van der Waals surface area contributed by atoms with Crippen LogP contribution in [0.1, 0.15) is 53.9 Å². The molecule has 15 heavy (non-hydrogen) atoms. The van der Waals surface area contributed by atoms with Gasteiger partial charge in [-0.1, -0.05) is 19.8 Å². The molecule has 0 saturated heterocycles. The van der Waals surface area contributed by atoms with Crippen LogP contribution in [-0.2, 0) is 4.79 Å². The molecular weight excluding hydrogens is 188 g/mol. The highest BCUT2D eigenvalue weighted by Crippen LogP contribution is 2.28. The molecule has 0 unspecified atom stereocenters. The molecular formula is C12H26N2O. The predicted molar refractivity (Wildman–Crippen MR) is 64.6 cm³/mol. The quantitative estimate of drug-likeness (QED) is 0.665. The summed E-state index contributed by atoms with van der Waals surface area (Å²) < 4.78 is 0. The van der Waals surface area contributed by atoms with Crippen LogP contribution < -0.4 is 11.1 Å². The number of nitrogens with one attached hydrogen (secondary N) is 1. The molecule has 3 heteroatoms. The summed E-state index contributed by atoms with van der Waals surface area (Å²) in [6, 6.07) is 0. The lowest BCUT2D eigenvalue weighted by atomic mass is 9.74. The second-order valence-electron chi connectivity index (χ2n) is 5.31. The lowest BCUT2D eigenvalue weighted by Gasteiger charge is -2.36. The summed E-state index contributed by atoms with van der Waals surface area (Å²) in [5.41, 5.74) is 4.96. The van der Waals surface area contributed by atoms with Gasteiger partial charge in [0.15, 0.2) is 0 Å². The van der Waals surface area contributed by atoms with Gasteiger partial charge in [-0.05, 0) is 34.1 Å². The standard InChI is InChI=1S/C12H26N2O/c1-6-7-8-9-14-10(15)11(2,3)12(4,5)13/h6-9,13H2,1-5H3,(H,14,15). The third-order valence-electron chi connectivity index (χ3n) is 3.24. The number of carbonyl (C=O) groups excluding carboxylic acids is 1. The summed E-state index contributed by atoms with van der Waals surface area (Å²) >= 11 is 0. The number of carbonyl (C=O) groups is 1. The normalized spacial score (nSPS) is 12.7. The average molecular weight is 214 g/mol. The molecule has 0 aliphatic rings. The minimum atomic E-state index is -0.529. The molecule has 0 rings (SSSR count). The first-order valence-corrected chi connectivity index (χ1v) is 5.80. The topological polar surface area (TPSA) is 55.1 Å². The van der Waals surface area contributed by atoms with Crippen molar-refractivity contribution in [1.82, 2.24) is 5.32 Å². The lowest BCUT2D eigenvalue weighted by Crippen LogP contribution is -2.55. The van der Waals surface area contributed by atoms with Crippen molar-refractivity contribution in [1.29, 1.82) is 0 Å². The zero-order valence-electron chi connectivity index (χ0n) is 10.8. The molecule has 0 atom stereocenters. The molecule has 90 valence electrons. The smallest absolute Gasteiger partial charge is 0.227 e. The molecule has 0 spiro atoms. The molecule has 3 N–H and O–H groups in total. The molecule has 0 fully saturated rings. The van der Waals surface area contributed by atoms with Crippen LogP contribution in [-0.4, -0.2) is 18.0 Å². The van der Waals surface area contributed by atoms with E-state index in [1.54, 1.807) is 0 Å². The van der Waals surface area contributed by atoms with E-state index in [9.17, 15) is 4.79 Å². The van der Waals surface area contributed by atoms with Crippen molar-refractivity contribution in [3.05, 3.63) is 0 Å². The Balaban J connectivity index is 4.10. The summed E-state index contributed by atoms with van der Waals surface area (Å²) in [4.78, 5) is 11.9. The molecule has 0 bridgehead atoms. The Morgan fingerprint density at radius 2 is 1.73 bits per heavy atom. The number of unbranched alkanes of at least 4 members (excludes halogenated alkanes) is 2. The van der Waals surface area contributed by atoms with Crippen molar-refractivity contribution >= 4 is 5.91 Å². The van der Waals surface area contributed by atoms with E-state index >= 15 is 0 Å². The van der Waals surface area contributed by atoms with Crippen LogP contribution in [0.4, 0.5) is 0 Å². The van der Waals surface area contributed by atoms with E-state index in [-0.39, 0.29) is 5.91 Å². The Bertz CT molecular complexity index is 204. The average Bonchev–Trinajstić information content (AvgIpc) is 2.10. The highest BCUT2D eigenvalue weighted by molar-refractivity contribution is 5.83. The van der Waals surface area contributed by atoms with Crippen LogP contribution in [0.3, 0.4) is 0 Å². The van der Waals surface area contributed by atoms with E-state index in [1.807, 2.05) is 27.7 Å². The minimum Gasteiger partial charge on any atom is -0.356 e. The molecule has 0 aromatic rings. The Kier molecular flexibility index (Phi) is 5.29. The first kappa shape index (κ1) is 14.4. The fourth-order valence-corrected chi connectivity index (χ4v) is 1.09. The molecule has 0 aromatic carbocycles. The van der Waals surface area contributed by atoms with E-state index in [0.717, 1.165) is 19.4 Å². The van der Waals surface area contributed by atoms with Crippen molar-refractivity contribution in [2.45, 2.75) is 59.4 Å².